The van der Waals surface area contributed by atoms with Crippen molar-refractivity contribution in [3.63, 3.8) is 0 Å². The Bertz CT molecular complexity index is 911. The first-order valence-electron chi connectivity index (χ1n) is 7.77. The Labute approximate surface area is 157 Å². The zero-order chi connectivity index (χ0) is 19.3. The highest BCUT2D eigenvalue weighted by molar-refractivity contribution is 7.88. The van der Waals surface area contributed by atoms with Gasteiger partial charge in [0, 0.05) is 22.7 Å². The molecule has 2 aromatic rings. The van der Waals surface area contributed by atoms with Gasteiger partial charge in [0.1, 0.15) is 0 Å². The van der Waals surface area contributed by atoms with E-state index in [1.165, 1.54) is 6.92 Å². The van der Waals surface area contributed by atoms with Crippen molar-refractivity contribution in [3.05, 3.63) is 64.7 Å². The molecule has 1 atom stereocenters. The number of carbonyl (C=O) groups excluding carboxylic acids is 2. The fraction of sp³-hybridized carbons (Fsp3) is 0.222. The Morgan fingerprint density at radius 3 is 2.35 bits per heavy atom. The van der Waals surface area contributed by atoms with Crippen molar-refractivity contribution in [2.24, 2.45) is 0 Å². The molecule has 8 heteroatoms. The molecule has 26 heavy (non-hydrogen) atoms. The van der Waals surface area contributed by atoms with Crippen LogP contribution in [0.5, 0.6) is 0 Å². The van der Waals surface area contributed by atoms with Gasteiger partial charge in [0.05, 0.1) is 12.3 Å². The van der Waals surface area contributed by atoms with Crippen LogP contribution in [0.15, 0.2) is 48.5 Å². The summed E-state index contributed by atoms with van der Waals surface area (Å²) in [5.41, 5.74) is 1.57. The van der Waals surface area contributed by atoms with E-state index in [0.29, 0.717) is 21.8 Å². The second-order valence-corrected chi connectivity index (χ2v) is 8.10. The molecule has 0 saturated carbocycles. The molecule has 1 amide bonds. The molecule has 6 nitrogen and oxygen atoms in total. The van der Waals surface area contributed by atoms with Gasteiger partial charge in [-0.15, -0.1) is 0 Å². The maximum atomic E-state index is 12.4. The normalized spacial score (nSPS) is 12.4. The summed E-state index contributed by atoms with van der Waals surface area (Å²) in [5, 5.41) is 3.19. The average molecular weight is 395 g/mol. The molecular formula is C18H19ClN2O4S. The number of ketones is 1. The second-order valence-electron chi connectivity index (χ2n) is 5.88. The van der Waals surface area contributed by atoms with Gasteiger partial charge < -0.3 is 5.32 Å². The van der Waals surface area contributed by atoms with Crippen molar-refractivity contribution in [2.75, 3.05) is 11.6 Å². The zero-order valence-corrected chi connectivity index (χ0v) is 15.9. The summed E-state index contributed by atoms with van der Waals surface area (Å²) in [5.74, 6) is -0.499. The van der Waals surface area contributed by atoms with Gasteiger partial charge in [-0.05, 0) is 36.8 Å². The Hall–Kier alpha value is -2.22. The van der Waals surface area contributed by atoms with E-state index < -0.39 is 16.1 Å². The third-order valence-electron chi connectivity index (χ3n) is 3.57. The lowest BCUT2D eigenvalue weighted by molar-refractivity contribution is -0.116. The lowest BCUT2D eigenvalue weighted by Gasteiger charge is -2.18. The average Bonchev–Trinajstić information content (AvgIpc) is 2.53. The van der Waals surface area contributed by atoms with Crippen LogP contribution in [0.3, 0.4) is 0 Å². The maximum Gasteiger partial charge on any atom is 0.226 e. The van der Waals surface area contributed by atoms with Crippen LogP contribution in [-0.2, 0) is 14.8 Å². The minimum Gasteiger partial charge on any atom is -0.326 e. The molecule has 0 spiro atoms. The van der Waals surface area contributed by atoms with Crippen molar-refractivity contribution < 1.29 is 18.0 Å². The lowest BCUT2D eigenvalue weighted by atomic mass is 10.0. The van der Waals surface area contributed by atoms with Gasteiger partial charge in [-0.1, -0.05) is 35.9 Å². The van der Waals surface area contributed by atoms with Gasteiger partial charge in [-0.25, -0.2) is 13.1 Å². The van der Waals surface area contributed by atoms with E-state index in [9.17, 15) is 18.0 Å². The smallest absolute Gasteiger partial charge is 0.226 e. The maximum absolute atomic E-state index is 12.4. The predicted octanol–water partition coefficient (Wildman–Crippen LogP) is 3.16. The summed E-state index contributed by atoms with van der Waals surface area (Å²) >= 11 is 5.86. The summed E-state index contributed by atoms with van der Waals surface area (Å²) in [7, 11) is -3.53. The molecule has 0 aliphatic rings. The Balaban J connectivity index is 2.16. The van der Waals surface area contributed by atoms with Crippen LogP contribution < -0.4 is 10.0 Å². The third-order valence-corrected chi connectivity index (χ3v) is 4.54. The Morgan fingerprint density at radius 2 is 1.77 bits per heavy atom. The number of Topliss-reactive ketones (excluding diaryl/α,β-unsaturated/α-hetero) is 1. The van der Waals surface area contributed by atoms with Crippen LogP contribution in [-0.4, -0.2) is 26.4 Å². The molecule has 0 bridgehead atoms. The Morgan fingerprint density at radius 1 is 1.12 bits per heavy atom. The van der Waals surface area contributed by atoms with Crippen LogP contribution >= 0.6 is 11.6 Å². The number of hydrogen-bond donors (Lipinski definition) is 2. The number of carbonyl (C=O) groups is 2. The van der Waals surface area contributed by atoms with Crippen LogP contribution in [0.25, 0.3) is 0 Å². The van der Waals surface area contributed by atoms with Crippen LogP contribution in [0.1, 0.15) is 35.3 Å². The number of anilines is 1. The van der Waals surface area contributed by atoms with Gasteiger partial charge in [0.2, 0.25) is 15.9 Å². The van der Waals surface area contributed by atoms with Crippen LogP contribution in [0, 0.1) is 0 Å². The molecule has 138 valence electrons. The highest BCUT2D eigenvalue weighted by atomic mass is 35.5. The summed E-state index contributed by atoms with van der Waals surface area (Å²) in [6.45, 7) is 1.44. The minimum absolute atomic E-state index is 0.112. The standard InChI is InChI=1S/C18H19ClN2O4S/c1-12(22)14-4-3-5-16(10-14)20-18(23)11-17(21-26(2,24)25)13-6-8-15(19)9-7-13/h3-10,17,21H,11H2,1-2H3,(H,20,23)/t17-/m0/s1. The first-order valence-corrected chi connectivity index (χ1v) is 10.0. The van der Waals surface area contributed by atoms with E-state index in [2.05, 4.69) is 10.0 Å². The van der Waals surface area contributed by atoms with E-state index in [0.717, 1.165) is 6.26 Å². The second kappa shape index (κ2) is 8.44. The molecule has 0 unspecified atom stereocenters. The molecule has 0 aliphatic heterocycles. The van der Waals surface area contributed by atoms with Crippen molar-refractivity contribution in [1.29, 1.82) is 0 Å². The molecule has 0 aromatic heterocycles. The van der Waals surface area contributed by atoms with Gasteiger partial charge in [0.25, 0.3) is 0 Å². The molecule has 0 saturated heterocycles. The topological polar surface area (TPSA) is 92.3 Å². The summed E-state index contributed by atoms with van der Waals surface area (Å²) in [4.78, 5) is 23.8. The van der Waals surface area contributed by atoms with E-state index in [4.69, 9.17) is 11.6 Å². The Kier molecular flexibility index (Phi) is 6.52. The van der Waals surface area contributed by atoms with Crippen molar-refractivity contribution in [3.8, 4) is 0 Å². The molecule has 0 aliphatic carbocycles. The van der Waals surface area contributed by atoms with Crippen molar-refractivity contribution in [1.82, 2.24) is 4.72 Å². The zero-order valence-electron chi connectivity index (χ0n) is 14.3. The van der Waals surface area contributed by atoms with Gasteiger partial charge in [-0.3, -0.25) is 9.59 Å². The lowest BCUT2D eigenvalue weighted by Crippen LogP contribution is -2.30. The summed E-state index contributed by atoms with van der Waals surface area (Å²) in [6.07, 6.45) is 0.920. The summed E-state index contributed by atoms with van der Waals surface area (Å²) in [6, 6.07) is 12.4. The molecule has 2 aromatic carbocycles. The minimum atomic E-state index is -3.53. The van der Waals surface area contributed by atoms with Gasteiger partial charge in [0.15, 0.2) is 5.78 Å². The van der Waals surface area contributed by atoms with Crippen LogP contribution in [0.2, 0.25) is 5.02 Å². The predicted molar refractivity (Wildman–Crippen MR) is 102 cm³/mol. The van der Waals surface area contributed by atoms with Crippen molar-refractivity contribution in [2.45, 2.75) is 19.4 Å². The van der Waals surface area contributed by atoms with E-state index in [1.54, 1.807) is 48.5 Å². The summed E-state index contributed by atoms with van der Waals surface area (Å²) < 4.78 is 25.7. The van der Waals surface area contributed by atoms with E-state index in [1.807, 2.05) is 0 Å². The monoisotopic (exact) mass is 394 g/mol. The first kappa shape index (κ1) is 20.1. The van der Waals surface area contributed by atoms with E-state index >= 15 is 0 Å². The highest BCUT2D eigenvalue weighted by Crippen LogP contribution is 2.21. The largest absolute Gasteiger partial charge is 0.326 e. The molecule has 0 fully saturated rings. The highest BCUT2D eigenvalue weighted by Gasteiger charge is 2.20. The molecule has 0 heterocycles. The van der Waals surface area contributed by atoms with E-state index in [-0.39, 0.29) is 18.1 Å². The number of amides is 1. The molecular weight excluding hydrogens is 376 g/mol. The third kappa shape index (κ3) is 6.25. The van der Waals surface area contributed by atoms with Crippen molar-refractivity contribution >= 4 is 39.0 Å². The number of nitrogens with one attached hydrogen (secondary N) is 2. The first-order chi connectivity index (χ1) is 12.1. The number of sulfonamides is 1. The fourth-order valence-electron chi connectivity index (χ4n) is 2.39. The van der Waals surface area contributed by atoms with Gasteiger partial charge >= 0.3 is 0 Å². The SMILES string of the molecule is CC(=O)c1cccc(NC(=O)C[C@H](NS(C)(=O)=O)c2ccc(Cl)cc2)c1. The van der Waals surface area contributed by atoms with Crippen LogP contribution in [0.4, 0.5) is 5.69 Å². The number of rotatable bonds is 7. The van der Waals surface area contributed by atoms with Gasteiger partial charge in [-0.2, -0.15) is 0 Å². The number of benzene rings is 2. The number of hydrogen-bond acceptors (Lipinski definition) is 4. The number of halogens is 1. The molecule has 2 rings (SSSR count). The molecule has 0 radical (unpaired) electrons. The molecule has 2 N–H and O–H groups in total. The quantitative estimate of drug-likeness (QED) is 0.705. The fourth-order valence-corrected chi connectivity index (χ4v) is 3.26.